The fourth-order valence-electron chi connectivity index (χ4n) is 1.40. The van der Waals surface area contributed by atoms with E-state index in [1.54, 1.807) is 0 Å². The molecule has 2 heteroatoms. The van der Waals surface area contributed by atoms with Gasteiger partial charge in [0.05, 0.1) is 5.02 Å². The quantitative estimate of drug-likeness (QED) is 0.651. The van der Waals surface area contributed by atoms with E-state index in [4.69, 9.17) is 11.6 Å². The predicted molar refractivity (Wildman–Crippen MR) is 55.5 cm³/mol. The van der Waals surface area contributed by atoms with Gasteiger partial charge in [0.2, 0.25) is 0 Å². The van der Waals surface area contributed by atoms with Crippen molar-refractivity contribution in [2.45, 2.75) is 6.92 Å². The maximum atomic E-state index is 5.89. The molecule has 2 aromatic rings. The van der Waals surface area contributed by atoms with Crippen LogP contribution in [0.3, 0.4) is 0 Å². The molecule has 1 heterocycles. The summed E-state index contributed by atoms with van der Waals surface area (Å²) in [6.07, 6.45) is 1.92. The lowest BCUT2D eigenvalue weighted by Gasteiger charge is -2.04. The van der Waals surface area contributed by atoms with Gasteiger partial charge in [-0.05, 0) is 25.1 Å². The topological polar surface area (TPSA) is 4.93 Å². The molecule has 0 aliphatic heterocycles. The van der Waals surface area contributed by atoms with Gasteiger partial charge in [0.15, 0.2) is 0 Å². The number of aromatic nitrogens is 1. The Labute approximate surface area is 82.6 Å². The number of hydrogen-bond acceptors (Lipinski definition) is 0. The maximum Gasteiger partial charge on any atom is 0.0589 e. The van der Waals surface area contributed by atoms with E-state index in [0.29, 0.717) is 0 Å². The Balaban J connectivity index is 2.53. The third-order valence-corrected chi connectivity index (χ3v) is 2.22. The molecule has 0 saturated carbocycles. The van der Waals surface area contributed by atoms with Crippen molar-refractivity contribution in [1.82, 2.24) is 4.57 Å². The molecule has 0 fully saturated rings. The normalized spacial score (nSPS) is 10.3. The SMILES string of the molecule is Cc1cc(Cl)cn1-c1ccccc1. The Kier molecular flexibility index (Phi) is 2.11. The Bertz CT molecular complexity index is 403. The van der Waals surface area contributed by atoms with E-state index in [2.05, 4.69) is 16.7 Å². The van der Waals surface area contributed by atoms with Crippen LogP contribution < -0.4 is 0 Å². The first-order chi connectivity index (χ1) is 6.27. The first-order valence-corrected chi connectivity index (χ1v) is 4.55. The van der Waals surface area contributed by atoms with Gasteiger partial charge in [0.1, 0.15) is 0 Å². The van der Waals surface area contributed by atoms with Gasteiger partial charge in [-0.3, -0.25) is 0 Å². The van der Waals surface area contributed by atoms with Crippen LogP contribution in [-0.4, -0.2) is 4.57 Å². The molecule has 13 heavy (non-hydrogen) atoms. The highest BCUT2D eigenvalue weighted by molar-refractivity contribution is 6.30. The van der Waals surface area contributed by atoms with Crippen LogP contribution in [0.1, 0.15) is 5.69 Å². The summed E-state index contributed by atoms with van der Waals surface area (Å²) in [5.74, 6) is 0. The number of para-hydroxylation sites is 1. The summed E-state index contributed by atoms with van der Waals surface area (Å²) < 4.78 is 2.07. The molecule has 1 aromatic carbocycles. The fraction of sp³-hybridized carbons (Fsp3) is 0.0909. The summed E-state index contributed by atoms with van der Waals surface area (Å²) in [6.45, 7) is 2.04. The summed E-state index contributed by atoms with van der Waals surface area (Å²) in [6, 6.07) is 12.1. The Morgan fingerprint density at radius 2 is 1.85 bits per heavy atom. The molecule has 0 spiro atoms. The lowest BCUT2D eigenvalue weighted by molar-refractivity contribution is 1.02. The van der Waals surface area contributed by atoms with Crippen LogP contribution in [0.5, 0.6) is 0 Å². The molecule has 0 bridgehead atoms. The van der Waals surface area contributed by atoms with Gasteiger partial charge in [-0.2, -0.15) is 0 Å². The monoisotopic (exact) mass is 191 g/mol. The van der Waals surface area contributed by atoms with Crippen LogP contribution in [0.2, 0.25) is 5.02 Å². The van der Waals surface area contributed by atoms with Crippen molar-refractivity contribution in [2.75, 3.05) is 0 Å². The molecule has 0 atom stereocenters. The largest absolute Gasteiger partial charge is 0.320 e. The number of hydrogen-bond donors (Lipinski definition) is 0. The van der Waals surface area contributed by atoms with E-state index in [-0.39, 0.29) is 0 Å². The van der Waals surface area contributed by atoms with Gasteiger partial charge < -0.3 is 4.57 Å². The first kappa shape index (κ1) is 8.39. The number of rotatable bonds is 1. The van der Waals surface area contributed by atoms with Crippen LogP contribution in [-0.2, 0) is 0 Å². The van der Waals surface area contributed by atoms with E-state index in [0.717, 1.165) is 16.4 Å². The summed E-state index contributed by atoms with van der Waals surface area (Å²) in [5, 5.41) is 0.779. The van der Waals surface area contributed by atoms with Crippen molar-refractivity contribution >= 4 is 11.6 Å². The highest BCUT2D eigenvalue weighted by atomic mass is 35.5. The molecule has 1 aromatic heterocycles. The molecule has 0 radical (unpaired) electrons. The summed E-state index contributed by atoms with van der Waals surface area (Å²) in [4.78, 5) is 0. The molecule has 66 valence electrons. The average molecular weight is 192 g/mol. The van der Waals surface area contributed by atoms with E-state index < -0.39 is 0 Å². The van der Waals surface area contributed by atoms with Gasteiger partial charge in [0.25, 0.3) is 0 Å². The van der Waals surface area contributed by atoms with Crippen LogP contribution in [0, 0.1) is 6.92 Å². The van der Waals surface area contributed by atoms with Gasteiger partial charge >= 0.3 is 0 Å². The average Bonchev–Trinajstić information content (AvgIpc) is 2.47. The maximum absolute atomic E-state index is 5.89. The zero-order valence-corrected chi connectivity index (χ0v) is 8.12. The minimum atomic E-state index is 0.779. The Hall–Kier alpha value is -1.21. The van der Waals surface area contributed by atoms with Crippen LogP contribution >= 0.6 is 11.6 Å². The van der Waals surface area contributed by atoms with E-state index in [9.17, 15) is 0 Å². The minimum Gasteiger partial charge on any atom is -0.320 e. The third-order valence-electron chi connectivity index (χ3n) is 2.01. The van der Waals surface area contributed by atoms with Crippen molar-refractivity contribution in [1.29, 1.82) is 0 Å². The number of benzene rings is 1. The van der Waals surface area contributed by atoms with E-state index >= 15 is 0 Å². The lowest BCUT2D eigenvalue weighted by Crippen LogP contribution is -1.92. The van der Waals surface area contributed by atoms with E-state index in [1.165, 1.54) is 0 Å². The third kappa shape index (κ3) is 1.61. The summed E-state index contributed by atoms with van der Waals surface area (Å²) in [7, 11) is 0. The molecular weight excluding hydrogens is 182 g/mol. The predicted octanol–water partition coefficient (Wildman–Crippen LogP) is 3.44. The van der Waals surface area contributed by atoms with Crippen molar-refractivity contribution in [2.24, 2.45) is 0 Å². The second kappa shape index (κ2) is 3.27. The fourth-order valence-corrected chi connectivity index (χ4v) is 1.65. The highest BCUT2D eigenvalue weighted by Gasteiger charge is 2.00. The molecule has 0 amide bonds. The van der Waals surface area contributed by atoms with Crippen molar-refractivity contribution in [3.05, 3.63) is 53.3 Å². The molecule has 1 nitrogen and oxygen atoms in total. The Morgan fingerprint density at radius 3 is 2.38 bits per heavy atom. The second-order valence-electron chi connectivity index (χ2n) is 3.01. The lowest BCUT2D eigenvalue weighted by atomic mass is 10.3. The van der Waals surface area contributed by atoms with Gasteiger partial charge in [0, 0.05) is 17.6 Å². The van der Waals surface area contributed by atoms with Gasteiger partial charge in [-0.25, -0.2) is 0 Å². The van der Waals surface area contributed by atoms with Crippen LogP contribution in [0.15, 0.2) is 42.6 Å². The standard InChI is InChI=1S/C11H10ClN/c1-9-7-10(12)8-13(9)11-5-3-2-4-6-11/h2-8H,1H3. The molecule has 0 aliphatic carbocycles. The first-order valence-electron chi connectivity index (χ1n) is 4.17. The van der Waals surface area contributed by atoms with E-state index in [1.807, 2.05) is 37.4 Å². The Morgan fingerprint density at radius 1 is 1.15 bits per heavy atom. The number of nitrogens with zero attached hydrogens (tertiary/aromatic N) is 1. The summed E-state index contributed by atoms with van der Waals surface area (Å²) in [5.41, 5.74) is 2.29. The minimum absolute atomic E-state index is 0.779. The molecule has 0 unspecified atom stereocenters. The summed E-state index contributed by atoms with van der Waals surface area (Å²) >= 11 is 5.89. The molecule has 0 saturated heterocycles. The smallest absolute Gasteiger partial charge is 0.0589 e. The molecular formula is C11H10ClN. The van der Waals surface area contributed by atoms with Crippen molar-refractivity contribution < 1.29 is 0 Å². The number of aryl methyl sites for hydroxylation is 1. The molecule has 2 rings (SSSR count). The van der Waals surface area contributed by atoms with Gasteiger partial charge in [-0.15, -0.1) is 0 Å². The van der Waals surface area contributed by atoms with Crippen molar-refractivity contribution in [3.8, 4) is 5.69 Å². The number of halogens is 1. The van der Waals surface area contributed by atoms with Crippen LogP contribution in [0.25, 0.3) is 5.69 Å². The second-order valence-corrected chi connectivity index (χ2v) is 3.44. The van der Waals surface area contributed by atoms with Crippen molar-refractivity contribution in [3.63, 3.8) is 0 Å². The van der Waals surface area contributed by atoms with Crippen LogP contribution in [0.4, 0.5) is 0 Å². The molecule has 0 N–H and O–H groups in total. The zero-order chi connectivity index (χ0) is 9.26. The van der Waals surface area contributed by atoms with Gasteiger partial charge in [-0.1, -0.05) is 29.8 Å². The highest BCUT2D eigenvalue weighted by Crippen LogP contribution is 2.17. The molecule has 0 aliphatic rings. The zero-order valence-electron chi connectivity index (χ0n) is 7.37.